The first kappa shape index (κ1) is 15.2. The standard InChI is InChI=1S/C18H19NO4/c1-10(2)14-6-15(17(22)7-16(14)21)18(23)19-8-11-3-4-13(20)5-12(11)9-19/h3-7,10,20-22H,8-9H2,1-2H3. The number of carbonyl (C=O) groups is 1. The average Bonchev–Trinajstić information content (AvgIpc) is 2.89. The van der Waals surface area contributed by atoms with Crippen LogP contribution in [0.5, 0.6) is 17.2 Å². The maximum atomic E-state index is 12.7. The molecular formula is C18H19NO4. The van der Waals surface area contributed by atoms with E-state index in [9.17, 15) is 20.1 Å². The summed E-state index contributed by atoms with van der Waals surface area (Å²) in [7, 11) is 0. The van der Waals surface area contributed by atoms with Crippen LogP contribution in [0, 0.1) is 0 Å². The number of phenolic OH excluding ortho intramolecular Hbond substituents is 3. The van der Waals surface area contributed by atoms with Gasteiger partial charge in [-0.2, -0.15) is 0 Å². The molecule has 0 atom stereocenters. The molecule has 0 spiro atoms. The lowest BCUT2D eigenvalue weighted by atomic mass is 9.98. The Morgan fingerprint density at radius 3 is 2.39 bits per heavy atom. The van der Waals surface area contributed by atoms with Gasteiger partial charge in [0.05, 0.1) is 5.56 Å². The highest BCUT2D eigenvalue weighted by Gasteiger charge is 2.27. The predicted molar refractivity (Wildman–Crippen MR) is 85.5 cm³/mol. The maximum Gasteiger partial charge on any atom is 0.258 e. The highest BCUT2D eigenvalue weighted by molar-refractivity contribution is 5.97. The van der Waals surface area contributed by atoms with Crippen LogP contribution in [-0.2, 0) is 13.1 Å². The van der Waals surface area contributed by atoms with E-state index < -0.39 is 0 Å². The van der Waals surface area contributed by atoms with Crippen molar-refractivity contribution in [3.63, 3.8) is 0 Å². The molecule has 3 rings (SSSR count). The first-order valence-electron chi connectivity index (χ1n) is 7.52. The fourth-order valence-electron chi connectivity index (χ4n) is 2.92. The molecule has 1 amide bonds. The van der Waals surface area contributed by atoms with Crippen LogP contribution in [0.4, 0.5) is 0 Å². The summed E-state index contributed by atoms with van der Waals surface area (Å²) in [6, 6.07) is 7.82. The van der Waals surface area contributed by atoms with Gasteiger partial charge < -0.3 is 20.2 Å². The average molecular weight is 313 g/mol. The number of phenols is 3. The van der Waals surface area contributed by atoms with Crippen LogP contribution in [0.2, 0.25) is 0 Å². The van der Waals surface area contributed by atoms with Gasteiger partial charge in [0.2, 0.25) is 0 Å². The number of hydrogen-bond acceptors (Lipinski definition) is 4. The normalized spacial score (nSPS) is 13.4. The molecule has 0 unspecified atom stereocenters. The summed E-state index contributed by atoms with van der Waals surface area (Å²) in [6.45, 7) is 4.65. The van der Waals surface area contributed by atoms with Gasteiger partial charge in [-0.15, -0.1) is 0 Å². The molecule has 1 aliphatic rings. The van der Waals surface area contributed by atoms with Crippen LogP contribution in [0.3, 0.4) is 0 Å². The molecule has 23 heavy (non-hydrogen) atoms. The van der Waals surface area contributed by atoms with Gasteiger partial charge in [-0.1, -0.05) is 19.9 Å². The third-order valence-corrected chi connectivity index (χ3v) is 4.20. The Labute approximate surface area is 134 Å². The van der Waals surface area contributed by atoms with Crippen molar-refractivity contribution >= 4 is 5.91 Å². The van der Waals surface area contributed by atoms with E-state index in [0.717, 1.165) is 11.1 Å². The maximum absolute atomic E-state index is 12.7. The molecule has 0 saturated carbocycles. The van der Waals surface area contributed by atoms with Gasteiger partial charge in [0.25, 0.3) is 5.91 Å². The molecule has 1 aliphatic heterocycles. The van der Waals surface area contributed by atoms with Crippen molar-refractivity contribution in [2.24, 2.45) is 0 Å². The number of hydrogen-bond donors (Lipinski definition) is 3. The van der Waals surface area contributed by atoms with E-state index in [-0.39, 0.29) is 34.6 Å². The second kappa shape index (κ2) is 5.50. The Balaban J connectivity index is 1.92. The van der Waals surface area contributed by atoms with E-state index in [1.165, 1.54) is 6.07 Å². The van der Waals surface area contributed by atoms with Crippen LogP contribution in [0.25, 0.3) is 0 Å². The lowest BCUT2D eigenvalue weighted by Crippen LogP contribution is -2.25. The van der Waals surface area contributed by atoms with Crippen molar-refractivity contribution < 1.29 is 20.1 Å². The summed E-state index contributed by atoms with van der Waals surface area (Å²) in [5, 5.41) is 29.5. The van der Waals surface area contributed by atoms with Crippen LogP contribution >= 0.6 is 0 Å². The van der Waals surface area contributed by atoms with E-state index in [1.807, 2.05) is 13.8 Å². The minimum absolute atomic E-state index is 0.0105. The third kappa shape index (κ3) is 2.70. The summed E-state index contributed by atoms with van der Waals surface area (Å²) in [5.74, 6) is -0.318. The van der Waals surface area contributed by atoms with Crippen LogP contribution in [0.15, 0.2) is 30.3 Å². The second-order valence-corrected chi connectivity index (χ2v) is 6.20. The summed E-state index contributed by atoms with van der Waals surface area (Å²) in [4.78, 5) is 14.3. The second-order valence-electron chi connectivity index (χ2n) is 6.20. The van der Waals surface area contributed by atoms with Gasteiger partial charge in [0, 0.05) is 19.2 Å². The molecule has 2 aromatic carbocycles. The number of aromatic hydroxyl groups is 3. The molecule has 0 fully saturated rings. The molecule has 3 N–H and O–H groups in total. The Kier molecular flexibility index (Phi) is 3.64. The van der Waals surface area contributed by atoms with E-state index in [4.69, 9.17) is 0 Å². The van der Waals surface area contributed by atoms with Crippen molar-refractivity contribution in [2.75, 3.05) is 0 Å². The summed E-state index contributed by atoms with van der Waals surface area (Å²) >= 11 is 0. The zero-order chi connectivity index (χ0) is 16.7. The zero-order valence-electron chi connectivity index (χ0n) is 13.1. The summed E-state index contributed by atoms with van der Waals surface area (Å²) in [5.41, 5.74) is 2.70. The number of amides is 1. The summed E-state index contributed by atoms with van der Waals surface area (Å²) < 4.78 is 0. The highest BCUT2D eigenvalue weighted by Crippen LogP contribution is 2.34. The van der Waals surface area contributed by atoms with Gasteiger partial charge in [-0.25, -0.2) is 0 Å². The van der Waals surface area contributed by atoms with Crippen molar-refractivity contribution in [1.82, 2.24) is 4.90 Å². The third-order valence-electron chi connectivity index (χ3n) is 4.20. The molecule has 5 nitrogen and oxygen atoms in total. The number of carbonyl (C=O) groups excluding carboxylic acids is 1. The van der Waals surface area contributed by atoms with Crippen molar-refractivity contribution in [3.05, 3.63) is 52.6 Å². The molecule has 0 radical (unpaired) electrons. The fourth-order valence-corrected chi connectivity index (χ4v) is 2.92. The lowest BCUT2D eigenvalue weighted by Gasteiger charge is -2.18. The van der Waals surface area contributed by atoms with Crippen molar-refractivity contribution in [3.8, 4) is 17.2 Å². The Hall–Kier alpha value is -2.69. The lowest BCUT2D eigenvalue weighted by molar-refractivity contribution is 0.0748. The predicted octanol–water partition coefficient (Wildman–Crippen LogP) is 3.08. The van der Waals surface area contributed by atoms with Gasteiger partial charge in [0.15, 0.2) is 0 Å². The molecule has 1 heterocycles. The van der Waals surface area contributed by atoms with Crippen LogP contribution in [-0.4, -0.2) is 26.1 Å². The number of benzene rings is 2. The van der Waals surface area contributed by atoms with E-state index in [1.54, 1.807) is 29.2 Å². The molecule has 5 heteroatoms. The highest BCUT2D eigenvalue weighted by atomic mass is 16.3. The number of rotatable bonds is 2. The summed E-state index contributed by atoms with van der Waals surface area (Å²) in [6.07, 6.45) is 0. The largest absolute Gasteiger partial charge is 0.508 e. The Morgan fingerprint density at radius 2 is 1.70 bits per heavy atom. The monoisotopic (exact) mass is 313 g/mol. The Morgan fingerprint density at radius 1 is 1.00 bits per heavy atom. The minimum atomic E-state index is -0.292. The first-order chi connectivity index (χ1) is 10.9. The first-order valence-corrected chi connectivity index (χ1v) is 7.52. The van der Waals surface area contributed by atoms with Gasteiger partial charge in [0.1, 0.15) is 17.2 Å². The fraction of sp³-hybridized carbons (Fsp3) is 0.278. The van der Waals surface area contributed by atoms with E-state index in [0.29, 0.717) is 18.7 Å². The molecule has 0 aliphatic carbocycles. The smallest absolute Gasteiger partial charge is 0.258 e. The van der Waals surface area contributed by atoms with Gasteiger partial charge in [-0.3, -0.25) is 4.79 Å². The SMILES string of the molecule is CC(C)c1cc(C(=O)N2Cc3ccc(O)cc3C2)c(O)cc1O. The minimum Gasteiger partial charge on any atom is -0.508 e. The van der Waals surface area contributed by atoms with Gasteiger partial charge >= 0.3 is 0 Å². The topological polar surface area (TPSA) is 81.0 Å². The molecule has 0 aromatic heterocycles. The van der Waals surface area contributed by atoms with Crippen LogP contribution < -0.4 is 0 Å². The molecule has 120 valence electrons. The Bertz CT molecular complexity index is 783. The number of nitrogens with zero attached hydrogens (tertiary/aromatic N) is 1. The molecular weight excluding hydrogens is 294 g/mol. The zero-order valence-corrected chi connectivity index (χ0v) is 13.1. The molecule has 0 saturated heterocycles. The number of fused-ring (bicyclic) bond motifs is 1. The van der Waals surface area contributed by atoms with Gasteiger partial charge in [-0.05, 0) is 40.8 Å². The molecule has 0 bridgehead atoms. The van der Waals surface area contributed by atoms with Crippen molar-refractivity contribution in [1.29, 1.82) is 0 Å². The van der Waals surface area contributed by atoms with Crippen LogP contribution in [0.1, 0.15) is 46.8 Å². The van der Waals surface area contributed by atoms with E-state index >= 15 is 0 Å². The quantitative estimate of drug-likeness (QED) is 0.796. The molecule has 2 aromatic rings. The van der Waals surface area contributed by atoms with E-state index in [2.05, 4.69) is 0 Å². The van der Waals surface area contributed by atoms with Crippen molar-refractivity contribution in [2.45, 2.75) is 32.9 Å².